The van der Waals surface area contributed by atoms with Gasteiger partial charge >= 0.3 is 0 Å². The lowest BCUT2D eigenvalue weighted by Crippen LogP contribution is -2.36. The summed E-state index contributed by atoms with van der Waals surface area (Å²) in [7, 11) is 2.03. The number of fused-ring (bicyclic) bond motifs is 1. The minimum absolute atomic E-state index is 0.0506. The van der Waals surface area contributed by atoms with Gasteiger partial charge in [-0.05, 0) is 43.1 Å². The van der Waals surface area contributed by atoms with Crippen LogP contribution in [-0.4, -0.2) is 42.4 Å². The Morgan fingerprint density at radius 1 is 1.40 bits per heavy atom. The second-order valence-corrected chi connectivity index (χ2v) is 6.59. The fraction of sp³-hybridized carbons (Fsp3) is 0.600. The van der Waals surface area contributed by atoms with Gasteiger partial charge in [0, 0.05) is 29.6 Å². The third-order valence-electron chi connectivity index (χ3n) is 4.28. The van der Waals surface area contributed by atoms with E-state index in [4.69, 9.17) is 27.9 Å². The van der Waals surface area contributed by atoms with Gasteiger partial charge in [-0.2, -0.15) is 0 Å². The number of ether oxygens (including phenoxy) is 1. The van der Waals surface area contributed by atoms with Crippen LogP contribution in [0.5, 0.6) is 0 Å². The average Bonchev–Trinajstić information content (AvgIpc) is 2.96. The Balaban J connectivity index is 1.83. The summed E-state index contributed by atoms with van der Waals surface area (Å²) in [6, 6.07) is 3.62. The van der Waals surface area contributed by atoms with Crippen molar-refractivity contribution in [3.8, 4) is 0 Å². The molecule has 5 heteroatoms. The van der Waals surface area contributed by atoms with Crippen LogP contribution in [0, 0.1) is 0 Å². The number of rotatable bonds is 3. The van der Waals surface area contributed by atoms with Crippen LogP contribution in [0.1, 0.15) is 30.0 Å². The maximum Gasteiger partial charge on any atom is 0.0777 e. The number of likely N-dealkylation sites (N-methyl/N-ethyl adjacent to an activating group) is 1. The SMILES string of the molecule is CN(C[C@@H]1CCCO1)[C@@H]1c2cc(Cl)cc(Cl)c2C[C@H]1O. The fourth-order valence-corrected chi connectivity index (χ4v) is 3.97. The number of halogens is 2. The highest BCUT2D eigenvalue weighted by Gasteiger charge is 2.36. The lowest BCUT2D eigenvalue weighted by molar-refractivity contribution is 0.0307. The molecule has 1 fully saturated rings. The first-order chi connectivity index (χ1) is 9.56. The standard InChI is InChI=1S/C15H19Cl2NO2/c1-18(8-10-3-2-4-20-10)15-12-5-9(16)6-13(17)11(12)7-14(15)19/h5-6,10,14-15,19H,2-4,7-8H2,1H3/t10-,14+,15+/m0/s1. The van der Waals surface area contributed by atoms with Gasteiger partial charge in [-0.25, -0.2) is 0 Å². The van der Waals surface area contributed by atoms with Crippen LogP contribution in [0.4, 0.5) is 0 Å². The molecule has 1 aromatic rings. The predicted molar refractivity (Wildman–Crippen MR) is 80.5 cm³/mol. The summed E-state index contributed by atoms with van der Waals surface area (Å²) < 4.78 is 5.68. The number of aliphatic hydroxyl groups excluding tert-OH is 1. The molecule has 3 rings (SSSR count). The average molecular weight is 316 g/mol. The summed E-state index contributed by atoms with van der Waals surface area (Å²) in [5, 5.41) is 11.7. The molecular weight excluding hydrogens is 297 g/mol. The van der Waals surface area contributed by atoms with Gasteiger partial charge in [-0.3, -0.25) is 4.90 Å². The number of benzene rings is 1. The van der Waals surface area contributed by atoms with E-state index in [-0.39, 0.29) is 12.1 Å². The topological polar surface area (TPSA) is 32.7 Å². The molecule has 20 heavy (non-hydrogen) atoms. The van der Waals surface area contributed by atoms with Crippen molar-refractivity contribution in [2.45, 2.75) is 37.5 Å². The van der Waals surface area contributed by atoms with Gasteiger partial charge in [0.05, 0.1) is 18.2 Å². The van der Waals surface area contributed by atoms with E-state index < -0.39 is 6.10 Å². The molecule has 1 N–H and O–H groups in total. The first kappa shape index (κ1) is 14.6. The summed E-state index contributed by atoms with van der Waals surface area (Å²) in [6.45, 7) is 1.67. The van der Waals surface area contributed by atoms with Gasteiger partial charge in [-0.15, -0.1) is 0 Å². The summed E-state index contributed by atoms with van der Waals surface area (Å²) >= 11 is 12.3. The van der Waals surface area contributed by atoms with Crippen molar-refractivity contribution in [1.82, 2.24) is 4.90 Å². The summed E-state index contributed by atoms with van der Waals surface area (Å²) in [5.41, 5.74) is 2.07. The van der Waals surface area contributed by atoms with Crippen LogP contribution < -0.4 is 0 Å². The number of hydrogen-bond acceptors (Lipinski definition) is 3. The molecule has 0 amide bonds. The minimum atomic E-state index is -0.438. The first-order valence-corrected chi connectivity index (χ1v) is 7.79. The molecule has 1 aliphatic carbocycles. The summed E-state index contributed by atoms with van der Waals surface area (Å²) in [4.78, 5) is 2.17. The molecule has 0 radical (unpaired) electrons. The monoisotopic (exact) mass is 315 g/mol. The molecule has 0 saturated carbocycles. The van der Waals surface area contributed by atoms with Gasteiger partial charge in [0.15, 0.2) is 0 Å². The molecule has 0 bridgehead atoms. The molecule has 1 saturated heterocycles. The highest BCUT2D eigenvalue weighted by Crippen LogP contribution is 2.41. The maximum atomic E-state index is 10.4. The normalized spacial score (nSPS) is 29.1. The van der Waals surface area contributed by atoms with E-state index in [1.807, 2.05) is 13.1 Å². The second kappa shape index (κ2) is 5.82. The Hall–Kier alpha value is -0.320. The van der Waals surface area contributed by atoms with Crippen LogP contribution in [0.25, 0.3) is 0 Å². The Bertz CT molecular complexity index is 503. The van der Waals surface area contributed by atoms with Gasteiger partial charge in [0.25, 0.3) is 0 Å². The van der Waals surface area contributed by atoms with Crippen LogP contribution >= 0.6 is 23.2 Å². The summed E-state index contributed by atoms with van der Waals surface area (Å²) in [5.74, 6) is 0. The molecule has 2 aliphatic rings. The second-order valence-electron chi connectivity index (χ2n) is 5.75. The van der Waals surface area contributed by atoms with E-state index in [9.17, 15) is 5.11 Å². The number of nitrogens with zero attached hydrogens (tertiary/aromatic N) is 1. The van der Waals surface area contributed by atoms with Gasteiger partial charge in [0.1, 0.15) is 0 Å². The van der Waals surface area contributed by atoms with Crippen LogP contribution in [0.15, 0.2) is 12.1 Å². The third-order valence-corrected chi connectivity index (χ3v) is 4.84. The molecule has 3 nitrogen and oxygen atoms in total. The molecule has 0 unspecified atom stereocenters. The van der Waals surface area contributed by atoms with E-state index in [1.165, 1.54) is 0 Å². The van der Waals surface area contributed by atoms with Crippen molar-refractivity contribution in [3.05, 3.63) is 33.3 Å². The first-order valence-electron chi connectivity index (χ1n) is 7.04. The number of aliphatic hydroxyl groups is 1. The van der Waals surface area contributed by atoms with E-state index in [0.717, 1.165) is 37.1 Å². The molecule has 1 aromatic carbocycles. The van der Waals surface area contributed by atoms with Gasteiger partial charge in [0.2, 0.25) is 0 Å². The van der Waals surface area contributed by atoms with Crippen molar-refractivity contribution < 1.29 is 9.84 Å². The van der Waals surface area contributed by atoms with Crippen molar-refractivity contribution in [3.63, 3.8) is 0 Å². The molecule has 0 aromatic heterocycles. The maximum absolute atomic E-state index is 10.4. The van der Waals surface area contributed by atoms with Gasteiger partial charge < -0.3 is 9.84 Å². The zero-order valence-electron chi connectivity index (χ0n) is 11.5. The predicted octanol–water partition coefficient (Wildman–Crippen LogP) is 3.06. The third kappa shape index (κ3) is 2.70. The minimum Gasteiger partial charge on any atom is -0.391 e. The highest BCUT2D eigenvalue weighted by atomic mass is 35.5. The molecular formula is C15H19Cl2NO2. The fourth-order valence-electron chi connectivity index (χ4n) is 3.38. The van der Waals surface area contributed by atoms with Crippen molar-refractivity contribution in [1.29, 1.82) is 0 Å². The van der Waals surface area contributed by atoms with E-state index in [0.29, 0.717) is 16.5 Å². The highest BCUT2D eigenvalue weighted by molar-refractivity contribution is 6.35. The smallest absolute Gasteiger partial charge is 0.0777 e. The van der Waals surface area contributed by atoms with Crippen LogP contribution in [0.3, 0.4) is 0 Å². The van der Waals surface area contributed by atoms with Crippen molar-refractivity contribution in [2.24, 2.45) is 0 Å². The molecule has 1 heterocycles. The van der Waals surface area contributed by atoms with Gasteiger partial charge in [-0.1, -0.05) is 23.2 Å². The zero-order chi connectivity index (χ0) is 14.3. The number of hydrogen-bond donors (Lipinski definition) is 1. The Morgan fingerprint density at radius 2 is 2.20 bits per heavy atom. The Labute approximate surface area is 129 Å². The Kier molecular flexibility index (Phi) is 4.25. The largest absolute Gasteiger partial charge is 0.391 e. The molecule has 1 aliphatic heterocycles. The quantitative estimate of drug-likeness (QED) is 0.930. The molecule has 0 spiro atoms. The van der Waals surface area contributed by atoms with E-state index >= 15 is 0 Å². The van der Waals surface area contributed by atoms with Crippen LogP contribution in [0.2, 0.25) is 10.0 Å². The molecule has 110 valence electrons. The lowest BCUT2D eigenvalue weighted by Gasteiger charge is -2.30. The van der Waals surface area contributed by atoms with Crippen LogP contribution in [-0.2, 0) is 11.2 Å². The van der Waals surface area contributed by atoms with Crippen molar-refractivity contribution in [2.75, 3.05) is 20.2 Å². The lowest BCUT2D eigenvalue weighted by atomic mass is 10.1. The van der Waals surface area contributed by atoms with E-state index in [2.05, 4.69) is 4.90 Å². The van der Waals surface area contributed by atoms with Crippen molar-refractivity contribution >= 4 is 23.2 Å². The zero-order valence-corrected chi connectivity index (χ0v) is 13.0. The Morgan fingerprint density at radius 3 is 2.90 bits per heavy atom. The van der Waals surface area contributed by atoms with E-state index in [1.54, 1.807) is 6.07 Å². The summed E-state index contributed by atoms with van der Waals surface area (Å²) in [6.07, 6.45) is 2.64. The molecule has 3 atom stereocenters.